The Balaban J connectivity index is 3.15. The molecule has 112 valence electrons. The van der Waals surface area contributed by atoms with Gasteiger partial charge in [0.2, 0.25) is 0 Å². The van der Waals surface area contributed by atoms with E-state index in [0.717, 1.165) is 36.4 Å². The fraction of sp³-hybridized carbons (Fsp3) is 0.533. The van der Waals surface area contributed by atoms with E-state index in [0.29, 0.717) is 0 Å². The zero-order valence-electron chi connectivity index (χ0n) is 12.7. The summed E-state index contributed by atoms with van der Waals surface area (Å²) >= 11 is 0. The fourth-order valence-corrected chi connectivity index (χ4v) is 3.54. The lowest BCUT2D eigenvalue weighted by Gasteiger charge is -2.19. The molecule has 5 heteroatoms. The third-order valence-corrected chi connectivity index (χ3v) is 4.39. The van der Waals surface area contributed by atoms with Crippen LogP contribution in [0.2, 0.25) is 19.6 Å². The summed E-state index contributed by atoms with van der Waals surface area (Å²) in [6, 6.07) is 4.42. The van der Waals surface area contributed by atoms with Gasteiger partial charge in [0.05, 0.1) is 0 Å². The number of aromatic hydroxyl groups is 1. The number of hydrogen-bond donors (Lipinski definition) is 2. The number of ether oxygens (including phenoxy) is 1. The van der Waals surface area contributed by atoms with Crippen molar-refractivity contribution in [2.45, 2.75) is 51.9 Å². The molecule has 0 unspecified atom stereocenters. The second kappa shape index (κ2) is 6.79. The van der Waals surface area contributed by atoms with Gasteiger partial charge in [-0.2, -0.15) is 0 Å². The summed E-state index contributed by atoms with van der Waals surface area (Å²) in [6.45, 7) is 8.74. The van der Waals surface area contributed by atoms with E-state index in [2.05, 4.69) is 26.6 Å². The quantitative estimate of drug-likeness (QED) is 0.469. The maximum atomic E-state index is 10.7. The van der Waals surface area contributed by atoms with E-state index in [1.807, 2.05) is 6.07 Å². The van der Waals surface area contributed by atoms with Gasteiger partial charge in [0, 0.05) is 8.07 Å². The van der Waals surface area contributed by atoms with Gasteiger partial charge in [0.1, 0.15) is 0 Å². The molecule has 0 radical (unpaired) electrons. The SMILES string of the molecule is CCCCc1cc(C[Si](C)(C)C)c(O)c(OC(=O)O)c1. The maximum Gasteiger partial charge on any atom is 0.511 e. The van der Waals surface area contributed by atoms with E-state index in [1.165, 1.54) is 0 Å². The van der Waals surface area contributed by atoms with Gasteiger partial charge in [-0.25, -0.2) is 4.79 Å². The van der Waals surface area contributed by atoms with Crippen LogP contribution in [0, 0.1) is 0 Å². The van der Waals surface area contributed by atoms with Crippen molar-refractivity contribution < 1.29 is 19.7 Å². The van der Waals surface area contributed by atoms with E-state index < -0.39 is 14.2 Å². The Kier molecular flexibility index (Phi) is 5.62. The molecule has 0 aliphatic carbocycles. The highest BCUT2D eigenvalue weighted by Crippen LogP contribution is 2.34. The number of carboxylic acid groups (broad SMARTS) is 1. The number of phenolic OH excluding ortho intramolecular Hbond substituents is 1. The van der Waals surface area contributed by atoms with Crippen LogP contribution in [0.25, 0.3) is 0 Å². The molecule has 0 spiro atoms. The van der Waals surface area contributed by atoms with Crippen molar-refractivity contribution >= 4 is 14.2 Å². The summed E-state index contributed by atoms with van der Waals surface area (Å²) in [4.78, 5) is 10.7. The summed E-state index contributed by atoms with van der Waals surface area (Å²) in [5, 5.41) is 18.9. The number of rotatable bonds is 6. The predicted octanol–water partition coefficient (Wildman–Crippen LogP) is 4.21. The molecule has 2 N–H and O–H groups in total. The Bertz CT molecular complexity index is 477. The number of carbonyl (C=O) groups is 1. The molecule has 20 heavy (non-hydrogen) atoms. The predicted molar refractivity (Wildman–Crippen MR) is 82.4 cm³/mol. The molecule has 0 amide bonds. The van der Waals surface area contributed by atoms with Crippen LogP contribution in [-0.2, 0) is 12.5 Å². The van der Waals surface area contributed by atoms with Gasteiger partial charge >= 0.3 is 6.16 Å². The van der Waals surface area contributed by atoms with Crippen molar-refractivity contribution in [3.8, 4) is 11.5 Å². The molecule has 4 nitrogen and oxygen atoms in total. The monoisotopic (exact) mass is 296 g/mol. The molecule has 0 aliphatic rings. The van der Waals surface area contributed by atoms with Crippen molar-refractivity contribution in [1.82, 2.24) is 0 Å². The molecule has 1 aromatic rings. The normalized spacial score (nSPS) is 11.4. The van der Waals surface area contributed by atoms with Gasteiger partial charge in [-0.1, -0.05) is 39.1 Å². The van der Waals surface area contributed by atoms with Crippen molar-refractivity contribution in [2.24, 2.45) is 0 Å². The minimum absolute atomic E-state index is 0.0323. The third-order valence-electron chi connectivity index (χ3n) is 2.95. The number of phenols is 1. The molecule has 0 heterocycles. The molecule has 0 saturated heterocycles. The zero-order chi connectivity index (χ0) is 15.3. The topological polar surface area (TPSA) is 66.8 Å². The molecule has 1 rings (SSSR count). The maximum absolute atomic E-state index is 10.7. The molecule has 1 aromatic carbocycles. The second-order valence-corrected chi connectivity index (χ2v) is 11.8. The minimum Gasteiger partial charge on any atom is -0.504 e. The molecular weight excluding hydrogens is 272 g/mol. The van der Waals surface area contributed by atoms with Crippen LogP contribution in [0.4, 0.5) is 4.79 Å². The van der Waals surface area contributed by atoms with Gasteiger partial charge in [-0.05, 0) is 36.1 Å². The first-order valence-electron chi connectivity index (χ1n) is 6.98. The lowest BCUT2D eigenvalue weighted by atomic mass is 10.0. The van der Waals surface area contributed by atoms with E-state index in [9.17, 15) is 9.90 Å². The van der Waals surface area contributed by atoms with Crippen LogP contribution in [0.1, 0.15) is 30.9 Å². The smallest absolute Gasteiger partial charge is 0.504 e. The van der Waals surface area contributed by atoms with Gasteiger partial charge in [-0.15, -0.1) is 0 Å². The van der Waals surface area contributed by atoms with Gasteiger partial charge < -0.3 is 14.9 Å². The minimum atomic E-state index is -1.41. The van der Waals surface area contributed by atoms with E-state index in [4.69, 9.17) is 9.84 Å². The van der Waals surface area contributed by atoms with E-state index in [-0.39, 0.29) is 11.5 Å². The number of unbranched alkanes of at least 4 members (excludes halogenated alkanes) is 1. The van der Waals surface area contributed by atoms with Crippen LogP contribution in [0.5, 0.6) is 11.5 Å². The Hall–Kier alpha value is -1.49. The average molecular weight is 296 g/mol. The largest absolute Gasteiger partial charge is 0.511 e. The summed E-state index contributed by atoms with van der Waals surface area (Å²) in [7, 11) is -1.41. The zero-order valence-corrected chi connectivity index (χ0v) is 13.7. The molecule has 0 fully saturated rings. The molecule has 0 aliphatic heterocycles. The Morgan fingerprint density at radius 1 is 1.30 bits per heavy atom. The average Bonchev–Trinajstić information content (AvgIpc) is 2.29. The number of aryl methyl sites for hydroxylation is 1. The van der Waals surface area contributed by atoms with Crippen LogP contribution >= 0.6 is 0 Å². The first-order chi connectivity index (χ1) is 9.23. The second-order valence-electron chi connectivity index (χ2n) is 6.31. The summed E-state index contributed by atoms with van der Waals surface area (Å²) in [5.41, 5.74) is 1.82. The molecule has 0 bridgehead atoms. The lowest BCUT2D eigenvalue weighted by Crippen LogP contribution is -2.24. The summed E-state index contributed by atoms with van der Waals surface area (Å²) in [6.07, 6.45) is 1.57. The fourth-order valence-electron chi connectivity index (χ4n) is 2.13. The standard InChI is InChI=1S/C15H24O4Si/c1-5-6-7-11-8-12(10-20(2,3)4)14(16)13(9-11)19-15(17)18/h8-9,16H,5-7,10H2,1-4H3,(H,17,18). The van der Waals surface area contributed by atoms with Gasteiger partial charge in [0.15, 0.2) is 11.5 Å². The van der Waals surface area contributed by atoms with Crippen molar-refractivity contribution in [2.75, 3.05) is 0 Å². The highest BCUT2D eigenvalue weighted by Gasteiger charge is 2.20. The first kappa shape index (κ1) is 16.6. The Labute approximate surface area is 121 Å². The third kappa shape index (κ3) is 5.25. The highest BCUT2D eigenvalue weighted by molar-refractivity contribution is 6.75. The Morgan fingerprint density at radius 2 is 1.95 bits per heavy atom. The molecule has 0 aromatic heterocycles. The van der Waals surface area contributed by atoms with Gasteiger partial charge in [0.25, 0.3) is 0 Å². The molecule has 0 atom stereocenters. The van der Waals surface area contributed by atoms with Gasteiger partial charge in [-0.3, -0.25) is 0 Å². The van der Waals surface area contributed by atoms with E-state index in [1.54, 1.807) is 6.07 Å². The Morgan fingerprint density at radius 3 is 2.45 bits per heavy atom. The highest BCUT2D eigenvalue weighted by atomic mass is 28.3. The number of hydrogen-bond acceptors (Lipinski definition) is 3. The van der Waals surface area contributed by atoms with Crippen LogP contribution < -0.4 is 4.74 Å². The van der Waals surface area contributed by atoms with E-state index >= 15 is 0 Å². The van der Waals surface area contributed by atoms with Crippen LogP contribution in [0.3, 0.4) is 0 Å². The van der Waals surface area contributed by atoms with Crippen LogP contribution in [-0.4, -0.2) is 24.4 Å². The summed E-state index contributed by atoms with van der Waals surface area (Å²) < 4.78 is 4.70. The van der Waals surface area contributed by atoms with Crippen LogP contribution in [0.15, 0.2) is 12.1 Å². The summed E-state index contributed by atoms with van der Waals surface area (Å²) in [5.74, 6) is 0.0226. The molecular formula is C15H24O4Si. The van der Waals surface area contributed by atoms with Crippen molar-refractivity contribution in [1.29, 1.82) is 0 Å². The van der Waals surface area contributed by atoms with Crippen molar-refractivity contribution in [3.05, 3.63) is 23.3 Å². The van der Waals surface area contributed by atoms with Crippen molar-refractivity contribution in [3.63, 3.8) is 0 Å². The molecule has 0 saturated carbocycles. The number of benzene rings is 1. The first-order valence-corrected chi connectivity index (χ1v) is 10.7. The lowest BCUT2D eigenvalue weighted by molar-refractivity contribution is 0.143.